The van der Waals surface area contributed by atoms with Gasteiger partial charge in [0, 0.05) is 0 Å². The molecule has 4 heteroatoms. The first-order chi connectivity index (χ1) is 1.91. The van der Waals surface area contributed by atoms with Gasteiger partial charge >= 0.3 is 59.1 Å². The fraction of sp³-hybridized carbons (Fsp3) is 1.00. The van der Waals surface area contributed by atoms with Gasteiger partial charge in [-0.2, -0.15) is 25.3 Å². The van der Waals surface area contributed by atoms with E-state index in [1.54, 1.807) is 0 Å². The molecule has 0 saturated heterocycles. The van der Waals surface area contributed by atoms with Crippen molar-refractivity contribution in [2.45, 2.75) is 0 Å². The van der Waals surface area contributed by atoms with E-state index in [4.69, 9.17) is 0 Å². The van der Waals surface area contributed by atoms with Crippen LogP contribution in [0.5, 0.6) is 0 Å². The molecule has 0 radical (unpaired) electrons. The van der Waals surface area contributed by atoms with Crippen molar-refractivity contribution < 1.29 is 0 Å². The zero-order valence-electron chi connectivity index (χ0n) is 2.31. The maximum absolute atomic E-state index is 3.84. The van der Waals surface area contributed by atoms with Gasteiger partial charge in [0.05, 0.1) is 0 Å². The van der Waals surface area contributed by atoms with Crippen molar-refractivity contribution in [3.05, 3.63) is 0 Å². The fourth-order valence-electron chi connectivity index (χ4n) is 0. The van der Waals surface area contributed by atoms with E-state index in [0.29, 0.717) is 0 Å². The summed E-state index contributed by atoms with van der Waals surface area (Å²) in [7, 11) is 0. The quantitative estimate of drug-likeness (QED) is 0.359. The minimum atomic E-state index is 0. The van der Waals surface area contributed by atoms with Gasteiger partial charge in [-0.05, 0) is 11.5 Å². The second-order valence-corrected chi connectivity index (χ2v) is 1.34. The zero-order valence-corrected chi connectivity index (χ0v) is 4.10. The van der Waals surface area contributed by atoms with Gasteiger partial charge in [0.2, 0.25) is 0 Å². The van der Waals surface area contributed by atoms with Gasteiger partial charge in [0.25, 0.3) is 0 Å². The maximum atomic E-state index is 3.84. The van der Waals surface area contributed by atoms with Crippen LogP contribution in [0.25, 0.3) is 0 Å². The van der Waals surface area contributed by atoms with Crippen molar-refractivity contribution in [2.24, 2.45) is 0 Å². The molecule has 6 heavy (non-hydrogen) atoms. The predicted octanol–water partition coefficient (Wildman–Crippen LogP) is -0.451. The summed E-state index contributed by atoms with van der Waals surface area (Å²) in [6.07, 6.45) is 0. The third-order valence-corrected chi connectivity index (χ3v) is 0.900. The molecule has 0 unspecified atom stereocenters. The summed E-state index contributed by atoms with van der Waals surface area (Å²) < 4.78 is 0. The average molecular weight is 142 g/mol. The number of thiol groups is 2. The number of rotatable bonds is 1. The topological polar surface area (TPSA) is 0 Å². The second kappa shape index (κ2) is 15.6. The molecule has 0 aliphatic carbocycles. The molecule has 0 saturated carbocycles. The molecule has 0 N–H and O–H groups in total. The molecular weight excluding hydrogens is 134 g/mol. The summed E-state index contributed by atoms with van der Waals surface area (Å²) in [4.78, 5) is 0. The van der Waals surface area contributed by atoms with E-state index in [9.17, 15) is 0 Å². The Morgan fingerprint density at radius 3 is 1.00 bits per heavy atom. The van der Waals surface area contributed by atoms with Crippen LogP contribution in [-0.2, 0) is 0 Å². The molecule has 0 aromatic heterocycles. The van der Waals surface area contributed by atoms with Gasteiger partial charge in [-0.25, -0.2) is 0 Å². The summed E-state index contributed by atoms with van der Waals surface area (Å²) >= 11 is 7.69. The Balaban J connectivity index is -0.0000000450. The molecule has 0 heterocycles. The SMILES string of the molecule is SCCS.[NaH].[NaH]. The van der Waals surface area contributed by atoms with Crippen LogP contribution in [0.1, 0.15) is 0 Å². The van der Waals surface area contributed by atoms with Crippen molar-refractivity contribution in [3.63, 3.8) is 0 Å². The van der Waals surface area contributed by atoms with E-state index in [1.165, 1.54) is 0 Å². The normalized spacial score (nSPS) is 5.00. The molecule has 0 amide bonds. The molecule has 0 fully saturated rings. The molecule has 0 aromatic rings. The molecule has 0 aromatic carbocycles. The van der Waals surface area contributed by atoms with Crippen LogP contribution in [0.2, 0.25) is 0 Å². The number of hydrogen-bond acceptors (Lipinski definition) is 2. The van der Waals surface area contributed by atoms with Gasteiger partial charge in [-0.3, -0.25) is 0 Å². The van der Waals surface area contributed by atoms with Crippen molar-refractivity contribution in [2.75, 3.05) is 11.5 Å². The molecular formula is C2H8Na2S2. The van der Waals surface area contributed by atoms with Crippen LogP contribution >= 0.6 is 25.3 Å². The van der Waals surface area contributed by atoms with Crippen molar-refractivity contribution in [1.29, 1.82) is 0 Å². The predicted molar refractivity (Wildman–Crippen MR) is 42.0 cm³/mol. The Hall–Kier alpha value is 2.70. The van der Waals surface area contributed by atoms with Crippen LogP contribution in [0.4, 0.5) is 0 Å². The first kappa shape index (κ1) is 15.9. The minimum absolute atomic E-state index is 0. The van der Waals surface area contributed by atoms with E-state index in [1.807, 2.05) is 0 Å². The van der Waals surface area contributed by atoms with Gasteiger partial charge in [0.1, 0.15) is 0 Å². The monoisotopic (exact) mass is 142 g/mol. The second-order valence-electron chi connectivity index (χ2n) is 0.447. The molecule has 30 valence electrons. The Labute approximate surface area is 94.2 Å². The molecule has 0 nitrogen and oxygen atoms in total. The van der Waals surface area contributed by atoms with E-state index in [2.05, 4.69) is 25.3 Å². The van der Waals surface area contributed by atoms with Gasteiger partial charge in [-0.15, -0.1) is 0 Å². The average Bonchev–Trinajstić information content (AvgIpc) is 1.37. The molecule has 0 atom stereocenters. The van der Waals surface area contributed by atoms with E-state index in [0.717, 1.165) is 11.5 Å². The fourth-order valence-corrected chi connectivity index (χ4v) is 0. The van der Waals surface area contributed by atoms with Gasteiger partial charge in [-0.1, -0.05) is 0 Å². The Kier molecular flexibility index (Phi) is 41.4. The zero-order chi connectivity index (χ0) is 3.41. The summed E-state index contributed by atoms with van der Waals surface area (Å²) in [5.74, 6) is 1.76. The Morgan fingerprint density at radius 1 is 0.833 bits per heavy atom. The third-order valence-electron chi connectivity index (χ3n) is 0.1000. The van der Waals surface area contributed by atoms with Crippen molar-refractivity contribution in [3.8, 4) is 0 Å². The van der Waals surface area contributed by atoms with Gasteiger partial charge in [0.15, 0.2) is 0 Å². The Bertz CT molecular complexity index is 11.5. The van der Waals surface area contributed by atoms with Crippen LogP contribution in [0.3, 0.4) is 0 Å². The molecule has 0 spiro atoms. The van der Waals surface area contributed by atoms with Gasteiger partial charge < -0.3 is 0 Å². The Morgan fingerprint density at radius 2 is 1.00 bits per heavy atom. The third kappa shape index (κ3) is 15.9. The van der Waals surface area contributed by atoms with Crippen molar-refractivity contribution in [1.82, 2.24) is 0 Å². The number of hydrogen-bond donors (Lipinski definition) is 2. The summed E-state index contributed by atoms with van der Waals surface area (Å²) in [6.45, 7) is 0. The van der Waals surface area contributed by atoms with Crippen LogP contribution in [0.15, 0.2) is 0 Å². The molecule has 0 bridgehead atoms. The van der Waals surface area contributed by atoms with E-state index < -0.39 is 0 Å². The first-order valence-electron chi connectivity index (χ1n) is 1.13. The van der Waals surface area contributed by atoms with E-state index >= 15 is 0 Å². The molecule has 0 rings (SSSR count). The molecule has 0 aliphatic heterocycles. The summed E-state index contributed by atoms with van der Waals surface area (Å²) in [6, 6.07) is 0. The molecule has 0 aliphatic rings. The first-order valence-corrected chi connectivity index (χ1v) is 2.40. The summed E-state index contributed by atoms with van der Waals surface area (Å²) in [5, 5.41) is 0. The van der Waals surface area contributed by atoms with Crippen LogP contribution < -0.4 is 0 Å². The van der Waals surface area contributed by atoms with E-state index in [-0.39, 0.29) is 59.1 Å². The standard InChI is InChI=1S/C2H6S2.2Na.2H/c3-1-2-4;;;;/h3-4H,1-2H2;;;;. The van der Waals surface area contributed by atoms with Crippen molar-refractivity contribution >= 4 is 84.4 Å². The van der Waals surface area contributed by atoms with Crippen LogP contribution in [-0.4, -0.2) is 70.6 Å². The van der Waals surface area contributed by atoms with Crippen LogP contribution in [0, 0.1) is 0 Å². The summed E-state index contributed by atoms with van der Waals surface area (Å²) in [5.41, 5.74) is 0.